The standard InChI is InChI=1S/C22H26N4O2S/c1-3-17-10-6-7-11-26(17)20(28)14-29-22-24-23-21(25(22)2)18-12-15-8-4-5-9-16(15)13-19(18)27/h4-5,8-9,12-13,17,27H,3,6-7,10-11,14H2,1-2H3/t17-/m0/s1. The number of hydrogen-bond donors (Lipinski definition) is 1. The summed E-state index contributed by atoms with van der Waals surface area (Å²) in [7, 11) is 1.87. The smallest absolute Gasteiger partial charge is 0.233 e. The van der Waals surface area contributed by atoms with E-state index in [1.165, 1.54) is 18.2 Å². The SMILES string of the molecule is CC[C@H]1CCCCN1C(=O)CSc1nnc(-c2cc3ccccc3cc2O)n1C. The van der Waals surface area contributed by atoms with Gasteiger partial charge in [0.1, 0.15) is 5.75 Å². The highest BCUT2D eigenvalue weighted by atomic mass is 32.2. The van der Waals surface area contributed by atoms with E-state index >= 15 is 0 Å². The van der Waals surface area contributed by atoms with Gasteiger partial charge in [0, 0.05) is 19.6 Å². The Morgan fingerprint density at radius 1 is 1.21 bits per heavy atom. The number of carbonyl (C=O) groups excluding carboxylic acids is 1. The minimum atomic E-state index is 0.166. The van der Waals surface area contributed by atoms with E-state index in [-0.39, 0.29) is 11.7 Å². The van der Waals surface area contributed by atoms with E-state index in [1.54, 1.807) is 6.07 Å². The number of carbonyl (C=O) groups is 1. The number of aromatic nitrogens is 3. The molecule has 1 aliphatic heterocycles. The number of aromatic hydroxyl groups is 1. The van der Waals surface area contributed by atoms with Crippen LogP contribution in [0.1, 0.15) is 32.6 Å². The van der Waals surface area contributed by atoms with Gasteiger partial charge in [0.25, 0.3) is 0 Å². The van der Waals surface area contributed by atoms with Crippen LogP contribution >= 0.6 is 11.8 Å². The van der Waals surface area contributed by atoms with Crippen LogP contribution in [-0.2, 0) is 11.8 Å². The highest BCUT2D eigenvalue weighted by Crippen LogP contribution is 2.33. The number of amides is 1. The molecule has 7 heteroatoms. The molecule has 4 rings (SSSR count). The van der Waals surface area contributed by atoms with E-state index in [0.717, 1.165) is 36.6 Å². The molecule has 1 saturated heterocycles. The van der Waals surface area contributed by atoms with Crippen molar-refractivity contribution in [2.75, 3.05) is 12.3 Å². The lowest BCUT2D eigenvalue weighted by molar-refractivity contribution is -0.132. The molecule has 0 unspecified atom stereocenters. The number of thioether (sulfide) groups is 1. The van der Waals surface area contributed by atoms with Crippen LogP contribution in [0.4, 0.5) is 0 Å². The predicted octanol–water partition coefficient (Wildman–Crippen LogP) is 4.22. The average molecular weight is 411 g/mol. The van der Waals surface area contributed by atoms with Gasteiger partial charge in [-0.05, 0) is 48.6 Å². The molecular formula is C22H26N4O2S. The van der Waals surface area contributed by atoms with Gasteiger partial charge in [-0.1, -0.05) is 43.0 Å². The van der Waals surface area contributed by atoms with Crippen LogP contribution in [0.15, 0.2) is 41.6 Å². The summed E-state index contributed by atoms with van der Waals surface area (Å²) in [5.41, 5.74) is 0.638. The fraction of sp³-hybridized carbons (Fsp3) is 0.409. The third-order valence-electron chi connectivity index (χ3n) is 5.68. The molecule has 0 spiro atoms. The predicted molar refractivity (Wildman–Crippen MR) is 116 cm³/mol. The van der Waals surface area contributed by atoms with Crippen molar-refractivity contribution in [2.45, 2.75) is 43.8 Å². The zero-order chi connectivity index (χ0) is 20.4. The van der Waals surface area contributed by atoms with E-state index in [0.29, 0.717) is 28.3 Å². The second-order valence-electron chi connectivity index (χ2n) is 7.52. The number of fused-ring (bicyclic) bond motifs is 1. The summed E-state index contributed by atoms with van der Waals surface area (Å²) in [6.45, 7) is 3.00. The van der Waals surface area contributed by atoms with Crippen LogP contribution in [-0.4, -0.2) is 49.0 Å². The first kappa shape index (κ1) is 19.8. The Morgan fingerprint density at radius 3 is 2.72 bits per heavy atom. The second-order valence-corrected chi connectivity index (χ2v) is 8.46. The van der Waals surface area contributed by atoms with Crippen LogP contribution in [0.5, 0.6) is 5.75 Å². The summed E-state index contributed by atoms with van der Waals surface area (Å²) >= 11 is 1.40. The van der Waals surface area contributed by atoms with Crippen molar-refractivity contribution in [1.82, 2.24) is 19.7 Å². The number of nitrogens with zero attached hydrogens (tertiary/aromatic N) is 4. The Labute approximate surface area is 174 Å². The number of piperidine rings is 1. The van der Waals surface area contributed by atoms with E-state index in [4.69, 9.17) is 0 Å². The number of phenols is 1. The van der Waals surface area contributed by atoms with Crippen LogP contribution < -0.4 is 0 Å². The molecule has 1 amide bonds. The van der Waals surface area contributed by atoms with Crippen molar-refractivity contribution >= 4 is 28.4 Å². The van der Waals surface area contributed by atoms with E-state index < -0.39 is 0 Å². The lowest BCUT2D eigenvalue weighted by Gasteiger charge is -2.35. The van der Waals surface area contributed by atoms with Crippen LogP contribution in [0.2, 0.25) is 0 Å². The van der Waals surface area contributed by atoms with E-state index in [1.807, 2.05) is 46.8 Å². The minimum absolute atomic E-state index is 0.166. The zero-order valence-corrected chi connectivity index (χ0v) is 17.7. The molecular weight excluding hydrogens is 384 g/mol. The van der Waals surface area contributed by atoms with Gasteiger partial charge in [0.15, 0.2) is 11.0 Å². The molecule has 29 heavy (non-hydrogen) atoms. The third kappa shape index (κ3) is 3.96. The lowest BCUT2D eigenvalue weighted by atomic mass is 10.0. The molecule has 152 valence electrons. The molecule has 6 nitrogen and oxygen atoms in total. The maximum atomic E-state index is 12.7. The molecule has 1 aromatic heterocycles. The average Bonchev–Trinajstić information content (AvgIpc) is 3.11. The Morgan fingerprint density at radius 2 is 1.97 bits per heavy atom. The molecule has 0 saturated carbocycles. The summed E-state index contributed by atoms with van der Waals surface area (Å²) in [4.78, 5) is 14.8. The van der Waals surface area contributed by atoms with Gasteiger partial charge in [-0.25, -0.2) is 0 Å². The third-order valence-corrected chi connectivity index (χ3v) is 6.69. The fourth-order valence-electron chi connectivity index (χ4n) is 4.05. The van der Waals surface area contributed by atoms with Gasteiger partial charge in [-0.3, -0.25) is 4.79 Å². The summed E-state index contributed by atoms with van der Waals surface area (Å²) in [5, 5.41) is 21.7. The Bertz CT molecular complexity index is 1030. The quantitative estimate of drug-likeness (QED) is 0.638. The number of hydrogen-bond acceptors (Lipinski definition) is 5. The van der Waals surface area contributed by atoms with Gasteiger partial charge in [-0.2, -0.15) is 0 Å². The summed E-state index contributed by atoms with van der Waals surface area (Å²) in [6.07, 6.45) is 4.40. The number of benzene rings is 2. The van der Waals surface area contributed by atoms with Crippen LogP contribution in [0, 0.1) is 0 Å². The van der Waals surface area contributed by atoms with Gasteiger partial charge >= 0.3 is 0 Å². The molecule has 3 aromatic rings. The monoisotopic (exact) mass is 410 g/mol. The second kappa shape index (κ2) is 8.45. The summed E-state index contributed by atoms with van der Waals surface area (Å²) < 4.78 is 1.84. The van der Waals surface area contributed by atoms with E-state index in [2.05, 4.69) is 17.1 Å². The summed E-state index contributed by atoms with van der Waals surface area (Å²) in [6, 6.07) is 11.9. The van der Waals surface area contributed by atoms with Crippen molar-refractivity contribution in [1.29, 1.82) is 0 Å². The van der Waals surface area contributed by atoms with Crippen molar-refractivity contribution in [2.24, 2.45) is 7.05 Å². The largest absolute Gasteiger partial charge is 0.507 e. The fourth-order valence-corrected chi connectivity index (χ4v) is 4.84. The zero-order valence-electron chi connectivity index (χ0n) is 16.8. The number of likely N-dealkylation sites (tertiary alicyclic amines) is 1. The Kier molecular flexibility index (Phi) is 5.76. The van der Waals surface area contributed by atoms with Gasteiger partial charge in [-0.15, -0.1) is 10.2 Å². The lowest BCUT2D eigenvalue weighted by Crippen LogP contribution is -2.44. The molecule has 2 aromatic carbocycles. The van der Waals surface area contributed by atoms with E-state index in [9.17, 15) is 9.90 Å². The summed E-state index contributed by atoms with van der Waals surface area (Å²) in [5.74, 6) is 1.28. The molecule has 2 heterocycles. The van der Waals surface area contributed by atoms with Crippen molar-refractivity contribution in [3.8, 4) is 17.1 Å². The molecule has 1 N–H and O–H groups in total. The van der Waals surface area contributed by atoms with Crippen LogP contribution in [0.3, 0.4) is 0 Å². The first-order chi connectivity index (χ1) is 14.1. The Balaban J connectivity index is 1.52. The van der Waals surface area contributed by atoms with Crippen molar-refractivity contribution in [3.05, 3.63) is 36.4 Å². The Hall–Kier alpha value is -2.54. The van der Waals surface area contributed by atoms with Gasteiger partial charge in [0.2, 0.25) is 5.91 Å². The highest BCUT2D eigenvalue weighted by molar-refractivity contribution is 7.99. The molecule has 0 radical (unpaired) electrons. The number of rotatable bonds is 5. The molecule has 0 bridgehead atoms. The van der Waals surface area contributed by atoms with Crippen molar-refractivity contribution in [3.63, 3.8) is 0 Å². The first-order valence-electron chi connectivity index (χ1n) is 10.1. The topological polar surface area (TPSA) is 71.2 Å². The maximum Gasteiger partial charge on any atom is 0.233 e. The normalized spacial score (nSPS) is 17.0. The molecule has 1 aliphatic rings. The molecule has 1 fully saturated rings. The van der Waals surface area contributed by atoms with Gasteiger partial charge < -0.3 is 14.6 Å². The minimum Gasteiger partial charge on any atom is -0.507 e. The first-order valence-corrected chi connectivity index (χ1v) is 11.1. The highest BCUT2D eigenvalue weighted by Gasteiger charge is 2.25. The van der Waals surface area contributed by atoms with Crippen LogP contribution in [0.25, 0.3) is 22.2 Å². The maximum absolute atomic E-state index is 12.7. The van der Waals surface area contributed by atoms with Crippen molar-refractivity contribution < 1.29 is 9.90 Å². The molecule has 1 atom stereocenters. The number of phenolic OH excluding ortho intramolecular Hbond substituents is 1. The molecule has 0 aliphatic carbocycles. The van der Waals surface area contributed by atoms with Gasteiger partial charge in [0.05, 0.1) is 11.3 Å².